The predicted octanol–water partition coefficient (Wildman–Crippen LogP) is 6.87. The summed E-state index contributed by atoms with van der Waals surface area (Å²) in [5, 5.41) is 1.38. The van der Waals surface area contributed by atoms with Crippen LogP contribution < -0.4 is 0 Å². The van der Waals surface area contributed by atoms with Crippen molar-refractivity contribution in [2.24, 2.45) is 0 Å². The zero-order chi connectivity index (χ0) is 21.5. The van der Waals surface area contributed by atoms with Gasteiger partial charge in [0.1, 0.15) is 5.82 Å². The van der Waals surface area contributed by atoms with Gasteiger partial charge in [-0.2, -0.15) is 0 Å². The third-order valence-corrected chi connectivity index (χ3v) is 5.43. The molecule has 2 nitrogen and oxygen atoms in total. The number of benzene rings is 3. The summed E-state index contributed by atoms with van der Waals surface area (Å²) >= 11 is 11.9. The number of rotatable bonds is 4. The zero-order valence-electron chi connectivity index (χ0n) is 17.1. The number of H-pyrrole nitrogens is 1. The van der Waals surface area contributed by atoms with Gasteiger partial charge in [-0.25, -0.2) is 4.98 Å². The minimum absolute atomic E-state index is 0.197. The Morgan fingerprint density at radius 2 is 1.40 bits per heavy atom. The molecule has 0 spiro atoms. The predicted molar refractivity (Wildman–Crippen MR) is 128 cm³/mol. The minimum Gasteiger partial charge on any atom is -0.348 e. The highest BCUT2D eigenvalue weighted by Gasteiger charge is 2.08. The normalized spacial score (nSPS) is 10.6. The van der Waals surface area contributed by atoms with Gasteiger partial charge in [0.25, 0.3) is 0 Å². The van der Waals surface area contributed by atoms with Crippen molar-refractivity contribution < 1.29 is 0 Å². The van der Waals surface area contributed by atoms with Crippen molar-refractivity contribution >= 4 is 31.0 Å². The molecule has 4 aromatic rings. The van der Waals surface area contributed by atoms with Gasteiger partial charge in [0, 0.05) is 28.9 Å². The molecule has 0 saturated heterocycles. The Bertz CT molecular complexity index is 1030. The lowest BCUT2D eigenvalue weighted by molar-refractivity contribution is 1.00. The Morgan fingerprint density at radius 1 is 0.867 bits per heavy atom. The van der Waals surface area contributed by atoms with E-state index in [2.05, 4.69) is 42.0 Å². The van der Waals surface area contributed by atoms with Gasteiger partial charge in [-0.05, 0) is 71.7 Å². The fourth-order valence-electron chi connectivity index (χ4n) is 3.28. The first-order chi connectivity index (χ1) is 14.4. The molecular formula is C25H23BCl2N2. The Labute approximate surface area is 189 Å². The molecule has 150 valence electrons. The summed E-state index contributed by atoms with van der Waals surface area (Å²) < 4.78 is 0. The molecule has 0 unspecified atom stereocenters. The first kappa shape index (κ1) is 22.2. The molecule has 1 N–H and O–H groups in total. The van der Waals surface area contributed by atoms with Crippen LogP contribution in [-0.2, 0) is 6.42 Å². The fraction of sp³-hybridized carbons (Fsp3) is 0.160. The number of aryl methyl sites for hydroxylation is 2. The molecule has 0 aliphatic heterocycles. The van der Waals surface area contributed by atoms with E-state index in [1.807, 2.05) is 54.7 Å². The molecule has 5 heteroatoms. The fourth-order valence-corrected chi connectivity index (χ4v) is 3.68. The molecule has 4 rings (SSSR count). The van der Waals surface area contributed by atoms with Crippen LogP contribution in [0.4, 0.5) is 0 Å². The number of hydrogen-bond donors (Lipinski definition) is 1. The standard InChI is InChI=1S/C13H9BCl2.C12H14N2/c14-13(9-3-1-5-11(15)7-9)10-4-2-6-12(16)8-10;1-9-4-3-5-10(2)11(9)8-12-13-6-7-14-12/h1-8,13H;3-7H,8H2,1-2H3,(H,13,14). The van der Waals surface area contributed by atoms with Gasteiger partial charge in [0.05, 0.1) is 7.85 Å². The molecule has 1 heterocycles. The molecule has 0 aliphatic carbocycles. The summed E-state index contributed by atoms with van der Waals surface area (Å²) in [4.78, 5) is 7.37. The molecule has 0 aliphatic rings. The van der Waals surface area contributed by atoms with Crippen molar-refractivity contribution in [2.45, 2.75) is 26.1 Å². The van der Waals surface area contributed by atoms with E-state index in [0.717, 1.165) is 23.4 Å². The van der Waals surface area contributed by atoms with E-state index in [1.165, 1.54) is 16.7 Å². The van der Waals surface area contributed by atoms with Crippen LogP contribution >= 0.6 is 23.2 Å². The van der Waals surface area contributed by atoms with E-state index in [-0.39, 0.29) is 5.82 Å². The molecule has 0 amide bonds. The zero-order valence-corrected chi connectivity index (χ0v) is 18.6. The molecule has 30 heavy (non-hydrogen) atoms. The van der Waals surface area contributed by atoms with Crippen molar-refractivity contribution in [1.29, 1.82) is 0 Å². The number of aromatic amines is 1. The van der Waals surface area contributed by atoms with E-state index < -0.39 is 0 Å². The van der Waals surface area contributed by atoms with Crippen LogP contribution in [0.2, 0.25) is 10.0 Å². The minimum atomic E-state index is -0.197. The van der Waals surface area contributed by atoms with Crippen molar-refractivity contribution in [3.05, 3.63) is 123 Å². The maximum Gasteiger partial charge on any atom is 0.110 e. The maximum absolute atomic E-state index is 6.14. The lowest BCUT2D eigenvalue weighted by Gasteiger charge is -2.13. The second kappa shape index (κ2) is 10.5. The van der Waals surface area contributed by atoms with Crippen LogP contribution in [0.5, 0.6) is 0 Å². The van der Waals surface area contributed by atoms with Crippen LogP contribution in [0.3, 0.4) is 0 Å². The average molecular weight is 433 g/mol. The molecule has 0 bridgehead atoms. The van der Waals surface area contributed by atoms with E-state index in [9.17, 15) is 0 Å². The third-order valence-electron chi connectivity index (χ3n) is 4.96. The summed E-state index contributed by atoms with van der Waals surface area (Å²) in [5.74, 6) is 0.833. The Hall–Kier alpha value is -2.49. The summed E-state index contributed by atoms with van der Waals surface area (Å²) in [5.41, 5.74) is 6.01. The van der Waals surface area contributed by atoms with Gasteiger partial charge < -0.3 is 4.98 Å². The largest absolute Gasteiger partial charge is 0.348 e. The molecule has 3 aromatic carbocycles. The average Bonchev–Trinajstić information content (AvgIpc) is 3.24. The summed E-state index contributed by atoms with van der Waals surface area (Å²) in [6, 6.07) is 21.5. The molecule has 2 radical (unpaired) electrons. The highest BCUT2D eigenvalue weighted by Crippen LogP contribution is 2.25. The number of nitrogens with one attached hydrogen (secondary N) is 1. The quantitative estimate of drug-likeness (QED) is 0.350. The van der Waals surface area contributed by atoms with Gasteiger partial charge in [0.15, 0.2) is 0 Å². The van der Waals surface area contributed by atoms with E-state index in [1.54, 1.807) is 6.20 Å². The summed E-state index contributed by atoms with van der Waals surface area (Å²) in [6.45, 7) is 4.29. The lowest BCUT2D eigenvalue weighted by Crippen LogP contribution is -2.00. The van der Waals surface area contributed by atoms with Crippen molar-refractivity contribution in [2.75, 3.05) is 0 Å². The monoisotopic (exact) mass is 432 g/mol. The van der Waals surface area contributed by atoms with E-state index in [4.69, 9.17) is 31.0 Å². The molecule has 1 aromatic heterocycles. The SMILES string of the molecule is Cc1cccc(C)c1Cc1ncc[nH]1.[B]C(c1cccc(Cl)c1)c1cccc(Cl)c1. The lowest BCUT2D eigenvalue weighted by atomic mass is 9.76. The number of halogens is 2. The number of aromatic nitrogens is 2. The van der Waals surface area contributed by atoms with Gasteiger partial charge in [-0.15, -0.1) is 0 Å². The summed E-state index contributed by atoms with van der Waals surface area (Å²) in [7, 11) is 6.14. The third kappa shape index (κ3) is 6.01. The number of imidazole rings is 1. The maximum atomic E-state index is 6.14. The number of nitrogens with zero attached hydrogens (tertiary/aromatic N) is 1. The highest BCUT2D eigenvalue weighted by molar-refractivity contribution is 6.31. The summed E-state index contributed by atoms with van der Waals surface area (Å²) in [6.07, 6.45) is 4.55. The Morgan fingerprint density at radius 3 is 1.87 bits per heavy atom. The highest BCUT2D eigenvalue weighted by atomic mass is 35.5. The van der Waals surface area contributed by atoms with Gasteiger partial charge in [-0.3, -0.25) is 0 Å². The second-order valence-electron chi connectivity index (χ2n) is 7.17. The van der Waals surface area contributed by atoms with Crippen LogP contribution in [0.1, 0.15) is 39.5 Å². The van der Waals surface area contributed by atoms with E-state index >= 15 is 0 Å². The number of hydrogen-bond acceptors (Lipinski definition) is 1. The van der Waals surface area contributed by atoms with E-state index in [0.29, 0.717) is 10.0 Å². The van der Waals surface area contributed by atoms with Gasteiger partial charge >= 0.3 is 0 Å². The van der Waals surface area contributed by atoms with Crippen LogP contribution in [0.15, 0.2) is 79.1 Å². The first-order valence-electron chi connectivity index (χ1n) is 9.74. The second-order valence-corrected chi connectivity index (χ2v) is 8.04. The molecular weight excluding hydrogens is 410 g/mol. The molecule has 0 saturated carbocycles. The van der Waals surface area contributed by atoms with Crippen LogP contribution in [-0.4, -0.2) is 17.8 Å². The Kier molecular flexibility index (Phi) is 7.78. The van der Waals surface area contributed by atoms with Crippen molar-refractivity contribution in [3.63, 3.8) is 0 Å². The topological polar surface area (TPSA) is 28.7 Å². The Balaban J connectivity index is 0.000000172. The van der Waals surface area contributed by atoms with Crippen molar-refractivity contribution in [3.8, 4) is 0 Å². The smallest absolute Gasteiger partial charge is 0.110 e. The first-order valence-corrected chi connectivity index (χ1v) is 10.5. The van der Waals surface area contributed by atoms with Crippen molar-refractivity contribution in [1.82, 2.24) is 9.97 Å². The van der Waals surface area contributed by atoms with Crippen LogP contribution in [0.25, 0.3) is 0 Å². The molecule has 0 atom stereocenters. The van der Waals surface area contributed by atoms with Crippen LogP contribution in [0, 0.1) is 13.8 Å². The van der Waals surface area contributed by atoms with Gasteiger partial charge in [-0.1, -0.05) is 65.7 Å². The molecule has 0 fully saturated rings. The van der Waals surface area contributed by atoms with Gasteiger partial charge in [0.2, 0.25) is 0 Å².